The Morgan fingerprint density at radius 1 is 1.37 bits per heavy atom. The Kier molecular flexibility index (Phi) is 4.71. The number of furan rings is 1. The van der Waals surface area contributed by atoms with E-state index in [4.69, 9.17) is 16.0 Å². The molecule has 1 unspecified atom stereocenters. The van der Waals surface area contributed by atoms with Crippen molar-refractivity contribution in [1.82, 2.24) is 5.32 Å². The highest BCUT2D eigenvalue weighted by atomic mass is 79.9. The van der Waals surface area contributed by atoms with E-state index in [0.29, 0.717) is 0 Å². The largest absolute Gasteiger partial charge is 0.459 e. The Morgan fingerprint density at radius 3 is 2.74 bits per heavy atom. The lowest BCUT2D eigenvalue weighted by Gasteiger charge is -2.10. The van der Waals surface area contributed by atoms with E-state index in [0.717, 1.165) is 38.6 Å². The number of hydrogen-bond acceptors (Lipinski definition) is 2. The molecule has 0 aliphatic carbocycles. The fourth-order valence-electron chi connectivity index (χ4n) is 2.07. The van der Waals surface area contributed by atoms with Gasteiger partial charge >= 0.3 is 0 Å². The molecule has 1 N–H and O–H groups in total. The quantitative estimate of drug-likeness (QED) is 0.811. The summed E-state index contributed by atoms with van der Waals surface area (Å²) < 4.78 is 6.93. The molecule has 4 heteroatoms. The van der Waals surface area contributed by atoms with E-state index in [1.54, 1.807) is 0 Å². The van der Waals surface area contributed by atoms with E-state index in [1.165, 1.54) is 0 Å². The summed E-state index contributed by atoms with van der Waals surface area (Å²) in [4.78, 5) is 0. The molecule has 2 aromatic rings. The molecule has 0 amide bonds. The van der Waals surface area contributed by atoms with E-state index in [9.17, 15) is 0 Å². The minimum absolute atomic E-state index is 0.244. The molecule has 0 aliphatic rings. The topological polar surface area (TPSA) is 25.2 Å². The summed E-state index contributed by atoms with van der Waals surface area (Å²) in [5, 5.41) is 3.98. The second-order valence-electron chi connectivity index (χ2n) is 4.53. The van der Waals surface area contributed by atoms with Gasteiger partial charge < -0.3 is 9.73 Å². The average molecular weight is 343 g/mol. The SMILES string of the molecule is CCC(NC)c1ccc(-c2cc(Cl)c(C)cc2Br)o1. The van der Waals surface area contributed by atoms with Crippen LogP contribution in [0.25, 0.3) is 11.3 Å². The van der Waals surface area contributed by atoms with Crippen LogP contribution < -0.4 is 5.32 Å². The average Bonchev–Trinajstić information content (AvgIpc) is 2.85. The Bertz CT molecular complexity index is 576. The molecule has 0 radical (unpaired) electrons. The first-order valence-corrected chi connectivity index (χ1v) is 7.47. The van der Waals surface area contributed by atoms with E-state index in [-0.39, 0.29) is 6.04 Å². The highest BCUT2D eigenvalue weighted by molar-refractivity contribution is 9.10. The molecule has 2 nitrogen and oxygen atoms in total. The van der Waals surface area contributed by atoms with E-state index in [2.05, 4.69) is 28.2 Å². The van der Waals surface area contributed by atoms with Crippen molar-refractivity contribution in [2.75, 3.05) is 7.05 Å². The van der Waals surface area contributed by atoms with Crippen molar-refractivity contribution in [2.24, 2.45) is 0 Å². The van der Waals surface area contributed by atoms with Crippen LogP contribution in [0.15, 0.2) is 33.2 Å². The van der Waals surface area contributed by atoms with Crippen molar-refractivity contribution in [3.63, 3.8) is 0 Å². The normalized spacial score (nSPS) is 12.7. The Hall–Kier alpha value is -0.770. The van der Waals surface area contributed by atoms with E-state index >= 15 is 0 Å². The molecule has 0 bridgehead atoms. The summed E-state index contributed by atoms with van der Waals surface area (Å²) in [6.45, 7) is 4.11. The Labute approximate surface area is 127 Å². The molecule has 1 aromatic heterocycles. The summed E-state index contributed by atoms with van der Waals surface area (Å²) in [5.41, 5.74) is 2.03. The maximum absolute atomic E-state index is 6.18. The summed E-state index contributed by atoms with van der Waals surface area (Å²) in [7, 11) is 1.94. The van der Waals surface area contributed by atoms with Gasteiger partial charge in [0.05, 0.1) is 6.04 Å². The predicted molar refractivity (Wildman–Crippen MR) is 83.7 cm³/mol. The maximum Gasteiger partial charge on any atom is 0.135 e. The molecule has 0 saturated heterocycles. The van der Waals surface area contributed by atoms with Gasteiger partial charge in [-0.05, 0) is 50.2 Å². The number of hydrogen-bond donors (Lipinski definition) is 1. The van der Waals surface area contributed by atoms with Crippen molar-refractivity contribution in [3.05, 3.63) is 45.1 Å². The second-order valence-corrected chi connectivity index (χ2v) is 5.79. The summed E-state index contributed by atoms with van der Waals surface area (Å²) in [6.07, 6.45) is 0.985. The monoisotopic (exact) mass is 341 g/mol. The van der Waals surface area contributed by atoms with Gasteiger partial charge in [-0.25, -0.2) is 0 Å². The van der Waals surface area contributed by atoms with Crippen LogP contribution in [0.1, 0.15) is 30.7 Å². The van der Waals surface area contributed by atoms with Gasteiger partial charge in [0.25, 0.3) is 0 Å². The van der Waals surface area contributed by atoms with Gasteiger partial charge in [0.1, 0.15) is 11.5 Å². The van der Waals surface area contributed by atoms with Gasteiger partial charge in [-0.2, -0.15) is 0 Å². The van der Waals surface area contributed by atoms with Crippen LogP contribution in [-0.2, 0) is 0 Å². The lowest BCUT2D eigenvalue weighted by Crippen LogP contribution is -2.14. The number of benzene rings is 1. The van der Waals surface area contributed by atoms with Crippen LogP contribution in [0.3, 0.4) is 0 Å². The molecule has 0 aliphatic heterocycles. The van der Waals surface area contributed by atoms with Gasteiger partial charge in [-0.1, -0.05) is 34.5 Å². The Balaban J connectivity index is 2.40. The molecule has 19 heavy (non-hydrogen) atoms. The van der Waals surface area contributed by atoms with Gasteiger partial charge in [0.15, 0.2) is 0 Å². The molecule has 0 fully saturated rings. The third-order valence-corrected chi connectivity index (χ3v) is 4.30. The maximum atomic E-state index is 6.18. The number of rotatable bonds is 4. The molecular formula is C15H17BrClNO. The Morgan fingerprint density at radius 2 is 2.11 bits per heavy atom. The first kappa shape index (κ1) is 14.6. The molecule has 102 valence electrons. The highest BCUT2D eigenvalue weighted by Crippen LogP contribution is 2.35. The minimum atomic E-state index is 0.244. The van der Waals surface area contributed by atoms with Crippen LogP contribution in [0, 0.1) is 6.92 Å². The van der Waals surface area contributed by atoms with E-state index < -0.39 is 0 Å². The van der Waals surface area contributed by atoms with Crippen molar-refractivity contribution in [3.8, 4) is 11.3 Å². The standard InChI is InChI=1S/C15H17BrClNO/c1-4-13(18-3)15-6-5-14(19-15)10-8-12(17)9(2)7-11(10)16/h5-8,13,18H,4H2,1-3H3. The zero-order chi connectivity index (χ0) is 14.0. The summed E-state index contributed by atoms with van der Waals surface area (Å²) in [6, 6.07) is 8.19. The first-order valence-electron chi connectivity index (χ1n) is 6.29. The molecule has 1 atom stereocenters. The zero-order valence-electron chi connectivity index (χ0n) is 11.3. The minimum Gasteiger partial charge on any atom is -0.459 e. The number of aryl methyl sites for hydroxylation is 1. The molecular weight excluding hydrogens is 326 g/mol. The molecule has 0 spiro atoms. The van der Waals surface area contributed by atoms with Crippen LogP contribution >= 0.6 is 27.5 Å². The third-order valence-electron chi connectivity index (χ3n) is 3.24. The fourth-order valence-corrected chi connectivity index (χ4v) is 2.88. The van der Waals surface area contributed by atoms with Crippen molar-refractivity contribution in [1.29, 1.82) is 0 Å². The third kappa shape index (κ3) is 3.04. The highest BCUT2D eigenvalue weighted by Gasteiger charge is 2.14. The lowest BCUT2D eigenvalue weighted by molar-refractivity contribution is 0.431. The van der Waals surface area contributed by atoms with Crippen LogP contribution in [0.4, 0.5) is 0 Å². The van der Waals surface area contributed by atoms with E-state index in [1.807, 2.05) is 38.2 Å². The predicted octanol–water partition coefficient (Wildman–Crippen LogP) is 5.34. The summed E-state index contributed by atoms with van der Waals surface area (Å²) in [5.74, 6) is 1.78. The van der Waals surface area contributed by atoms with Crippen LogP contribution in [0.2, 0.25) is 5.02 Å². The van der Waals surface area contributed by atoms with Crippen molar-refractivity contribution >= 4 is 27.5 Å². The number of halogens is 2. The number of nitrogens with one attached hydrogen (secondary N) is 1. The first-order chi connectivity index (χ1) is 9.06. The smallest absolute Gasteiger partial charge is 0.135 e. The zero-order valence-corrected chi connectivity index (χ0v) is 13.6. The molecule has 2 rings (SSSR count). The van der Waals surface area contributed by atoms with Gasteiger partial charge in [-0.3, -0.25) is 0 Å². The lowest BCUT2D eigenvalue weighted by atomic mass is 10.1. The van der Waals surface area contributed by atoms with Crippen LogP contribution in [-0.4, -0.2) is 7.05 Å². The van der Waals surface area contributed by atoms with Crippen LogP contribution in [0.5, 0.6) is 0 Å². The molecule has 1 aromatic carbocycles. The van der Waals surface area contributed by atoms with Gasteiger partial charge in [0, 0.05) is 15.1 Å². The second kappa shape index (κ2) is 6.12. The summed E-state index contributed by atoms with van der Waals surface area (Å²) >= 11 is 9.75. The van der Waals surface area contributed by atoms with Crippen molar-refractivity contribution in [2.45, 2.75) is 26.3 Å². The molecule has 0 saturated carbocycles. The van der Waals surface area contributed by atoms with Gasteiger partial charge in [0.2, 0.25) is 0 Å². The van der Waals surface area contributed by atoms with Crippen molar-refractivity contribution < 1.29 is 4.42 Å². The van der Waals surface area contributed by atoms with Gasteiger partial charge in [-0.15, -0.1) is 0 Å². The molecule has 1 heterocycles. The fraction of sp³-hybridized carbons (Fsp3) is 0.333.